The van der Waals surface area contributed by atoms with Crippen molar-refractivity contribution in [3.8, 4) is 5.75 Å². The predicted molar refractivity (Wildman–Crippen MR) is 104 cm³/mol. The van der Waals surface area contributed by atoms with Gasteiger partial charge < -0.3 is 25.5 Å². The molecule has 1 heterocycles. The number of halogens is 1. The van der Waals surface area contributed by atoms with Gasteiger partial charge in [0.05, 0.1) is 12.8 Å². The lowest BCUT2D eigenvalue weighted by atomic mass is 10.3. The van der Waals surface area contributed by atoms with Crippen molar-refractivity contribution in [1.82, 2.24) is 10.6 Å². The summed E-state index contributed by atoms with van der Waals surface area (Å²) in [6.07, 6.45) is 1.60. The van der Waals surface area contributed by atoms with Crippen molar-refractivity contribution in [2.45, 2.75) is 13.5 Å². The lowest BCUT2D eigenvalue weighted by Crippen LogP contribution is -2.37. The van der Waals surface area contributed by atoms with Crippen LogP contribution in [0.15, 0.2) is 52.1 Å². The van der Waals surface area contributed by atoms with E-state index in [1.807, 2.05) is 19.1 Å². The first-order valence-electron chi connectivity index (χ1n) is 7.31. The Hall–Kier alpha value is -2.23. The average Bonchev–Trinajstić information content (AvgIpc) is 3.06. The molecule has 0 unspecified atom stereocenters. The summed E-state index contributed by atoms with van der Waals surface area (Å²) >= 11 is 0. The molecule has 1 aromatic heterocycles. The molecule has 130 valence electrons. The highest BCUT2D eigenvalue weighted by Crippen LogP contribution is 2.13. The van der Waals surface area contributed by atoms with Crippen LogP contribution in [-0.4, -0.2) is 30.1 Å². The number of carbonyl (C=O) groups is 1. The summed E-state index contributed by atoms with van der Waals surface area (Å²) in [4.78, 5) is 16.1. The monoisotopic (exact) mass is 444 g/mol. The summed E-state index contributed by atoms with van der Waals surface area (Å²) in [7, 11) is 0. The molecule has 0 aliphatic heterocycles. The topological polar surface area (TPSA) is 98.9 Å². The Morgan fingerprint density at radius 3 is 2.58 bits per heavy atom. The number of nitrogens with zero attached hydrogens (tertiary/aromatic N) is 1. The Balaban J connectivity index is 0.00000288. The number of carbonyl (C=O) groups excluding carboxylic acids is 1. The molecule has 7 nitrogen and oxygen atoms in total. The number of hydrogen-bond donors (Lipinski definition) is 4. The number of phenolic OH excluding ortho intramolecular Hbond substituents is 1. The average molecular weight is 444 g/mol. The summed E-state index contributed by atoms with van der Waals surface area (Å²) in [5, 5.41) is 18.0. The quantitative estimate of drug-likeness (QED) is 0.237. The van der Waals surface area contributed by atoms with Crippen molar-refractivity contribution in [2.24, 2.45) is 4.99 Å². The van der Waals surface area contributed by atoms with E-state index in [-0.39, 0.29) is 42.2 Å². The molecule has 0 atom stereocenters. The van der Waals surface area contributed by atoms with Crippen LogP contribution in [-0.2, 0) is 11.3 Å². The van der Waals surface area contributed by atoms with E-state index in [0.717, 1.165) is 5.76 Å². The molecular formula is C16H21IN4O3. The van der Waals surface area contributed by atoms with E-state index in [2.05, 4.69) is 20.9 Å². The summed E-state index contributed by atoms with van der Waals surface area (Å²) in [6.45, 7) is 3.09. The predicted octanol–water partition coefficient (Wildman–Crippen LogP) is 2.30. The first kappa shape index (κ1) is 19.8. The van der Waals surface area contributed by atoms with Gasteiger partial charge in [-0.1, -0.05) is 0 Å². The maximum atomic E-state index is 11.9. The SMILES string of the molecule is CCNC(=NCC(=O)Nc1ccc(O)cc1)NCc1ccco1.I. The van der Waals surface area contributed by atoms with E-state index in [0.29, 0.717) is 24.7 Å². The number of benzene rings is 1. The standard InChI is InChI=1S/C16H20N4O3.HI/c1-2-17-16(18-10-14-4-3-9-23-14)19-11-15(22)20-12-5-7-13(21)8-6-12;/h3-9,21H,2,10-11H2,1H3,(H,20,22)(H2,17,18,19);1H. The molecule has 24 heavy (non-hydrogen) atoms. The molecule has 2 aromatic rings. The Morgan fingerprint density at radius 2 is 1.96 bits per heavy atom. The van der Waals surface area contributed by atoms with E-state index in [4.69, 9.17) is 4.42 Å². The summed E-state index contributed by atoms with van der Waals surface area (Å²) in [5.74, 6) is 1.22. The Labute approximate surface area is 157 Å². The smallest absolute Gasteiger partial charge is 0.246 e. The lowest BCUT2D eigenvalue weighted by molar-refractivity contribution is -0.114. The van der Waals surface area contributed by atoms with Crippen LogP contribution in [0.2, 0.25) is 0 Å². The molecule has 0 aliphatic carbocycles. The number of nitrogens with one attached hydrogen (secondary N) is 3. The normalized spacial score (nSPS) is 10.6. The molecule has 0 fully saturated rings. The highest BCUT2D eigenvalue weighted by atomic mass is 127. The number of anilines is 1. The summed E-state index contributed by atoms with van der Waals surface area (Å²) in [6, 6.07) is 9.93. The summed E-state index contributed by atoms with van der Waals surface area (Å²) < 4.78 is 5.23. The minimum atomic E-state index is -0.245. The highest BCUT2D eigenvalue weighted by molar-refractivity contribution is 14.0. The van der Waals surface area contributed by atoms with Crippen molar-refractivity contribution in [2.75, 3.05) is 18.4 Å². The largest absolute Gasteiger partial charge is 0.508 e. The maximum absolute atomic E-state index is 11.9. The molecule has 1 amide bonds. The first-order chi connectivity index (χ1) is 11.2. The fraction of sp³-hybridized carbons (Fsp3) is 0.250. The zero-order valence-corrected chi connectivity index (χ0v) is 15.6. The van der Waals surface area contributed by atoms with Gasteiger partial charge in [-0.2, -0.15) is 0 Å². The summed E-state index contributed by atoms with van der Waals surface area (Å²) in [5.41, 5.74) is 0.608. The molecule has 1 aromatic carbocycles. The fourth-order valence-corrected chi connectivity index (χ4v) is 1.82. The van der Waals surface area contributed by atoms with Crippen LogP contribution in [0.25, 0.3) is 0 Å². The molecule has 0 radical (unpaired) electrons. The molecule has 0 aliphatic rings. The van der Waals surface area contributed by atoms with Crippen LogP contribution in [0.1, 0.15) is 12.7 Å². The van der Waals surface area contributed by atoms with E-state index in [9.17, 15) is 9.90 Å². The number of aromatic hydroxyl groups is 1. The number of aliphatic imine (C=N–C) groups is 1. The molecular weight excluding hydrogens is 423 g/mol. The van der Waals surface area contributed by atoms with Gasteiger partial charge in [-0.05, 0) is 43.3 Å². The van der Waals surface area contributed by atoms with Gasteiger partial charge in [0.15, 0.2) is 5.96 Å². The third kappa shape index (κ3) is 6.90. The van der Waals surface area contributed by atoms with Gasteiger partial charge in [-0.15, -0.1) is 24.0 Å². The van der Waals surface area contributed by atoms with Crippen LogP contribution in [0.5, 0.6) is 5.75 Å². The van der Waals surface area contributed by atoms with E-state index in [1.54, 1.807) is 18.4 Å². The van der Waals surface area contributed by atoms with Gasteiger partial charge in [-0.25, -0.2) is 4.99 Å². The lowest BCUT2D eigenvalue weighted by Gasteiger charge is -2.10. The second-order valence-corrected chi connectivity index (χ2v) is 4.72. The molecule has 0 saturated carbocycles. The number of amides is 1. The van der Waals surface area contributed by atoms with Crippen molar-refractivity contribution in [3.63, 3.8) is 0 Å². The van der Waals surface area contributed by atoms with Crippen LogP contribution in [0, 0.1) is 0 Å². The van der Waals surface area contributed by atoms with Gasteiger partial charge in [-0.3, -0.25) is 4.79 Å². The second kappa shape index (κ2) is 10.5. The fourth-order valence-electron chi connectivity index (χ4n) is 1.82. The van der Waals surface area contributed by atoms with Crippen LogP contribution in [0.4, 0.5) is 5.69 Å². The molecule has 4 N–H and O–H groups in total. The number of guanidine groups is 1. The van der Waals surface area contributed by atoms with Crippen molar-refractivity contribution >= 4 is 41.5 Å². The molecule has 2 rings (SSSR count). The van der Waals surface area contributed by atoms with Gasteiger partial charge in [0.2, 0.25) is 5.91 Å². The second-order valence-electron chi connectivity index (χ2n) is 4.72. The third-order valence-electron chi connectivity index (χ3n) is 2.89. The molecule has 0 saturated heterocycles. The Morgan fingerprint density at radius 1 is 1.21 bits per heavy atom. The minimum absolute atomic E-state index is 0. The highest BCUT2D eigenvalue weighted by Gasteiger charge is 2.04. The van der Waals surface area contributed by atoms with Gasteiger partial charge >= 0.3 is 0 Å². The van der Waals surface area contributed by atoms with Crippen LogP contribution >= 0.6 is 24.0 Å². The van der Waals surface area contributed by atoms with Gasteiger partial charge in [0.1, 0.15) is 18.1 Å². The third-order valence-corrected chi connectivity index (χ3v) is 2.89. The molecule has 0 bridgehead atoms. The molecule has 8 heteroatoms. The van der Waals surface area contributed by atoms with Crippen LogP contribution < -0.4 is 16.0 Å². The number of phenols is 1. The zero-order chi connectivity index (χ0) is 16.5. The number of rotatable bonds is 6. The van der Waals surface area contributed by atoms with Crippen LogP contribution in [0.3, 0.4) is 0 Å². The minimum Gasteiger partial charge on any atom is -0.508 e. The maximum Gasteiger partial charge on any atom is 0.246 e. The van der Waals surface area contributed by atoms with Gasteiger partial charge in [0, 0.05) is 12.2 Å². The van der Waals surface area contributed by atoms with Crippen molar-refractivity contribution in [1.29, 1.82) is 0 Å². The van der Waals surface area contributed by atoms with E-state index < -0.39 is 0 Å². The van der Waals surface area contributed by atoms with E-state index in [1.165, 1.54) is 12.1 Å². The van der Waals surface area contributed by atoms with E-state index >= 15 is 0 Å². The number of hydrogen-bond acceptors (Lipinski definition) is 4. The Bertz CT molecular complexity index is 642. The van der Waals surface area contributed by atoms with Crippen molar-refractivity contribution in [3.05, 3.63) is 48.4 Å². The number of furan rings is 1. The zero-order valence-electron chi connectivity index (χ0n) is 13.3. The first-order valence-corrected chi connectivity index (χ1v) is 7.31. The Kier molecular flexibility index (Phi) is 8.69. The van der Waals surface area contributed by atoms with Crippen molar-refractivity contribution < 1.29 is 14.3 Å². The van der Waals surface area contributed by atoms with Gasteiger partial charge in [0.25, 0.3) is 0 Å². The molecule has 0 spiro atoms.